The van der Waals surface area contributed by atoms with Gasteiger partial charge < -0.3 is 0 Å². The molecule has 0 aliphatic rings. The summed E-state index contributed by atoms with van der Waals surface area (Å²) in [5, 5.41) is 15.0. The van der Waals surface area contributed by atoms with Crippen molar-refractivity contribution in [3.63, 3.8) is 0 Å². The lowest BCUT2D eigenvalue weighted by atomic mass is 10.2. The van der Waals surface area contributed by atoms with Gasteiger partial charge in [0, 0.05) is 19.2 Å². The zero-order valence-electron chi connectivity index (χ0n) is 15.1. The normalized spacial score (nSPS) is 11.9. The molecular formula is C17H18F2N4O4S. The molecule has 11 heteroatoms. The second-order valence-electron chi connectivity index (χ2n) is 5.53. The Balaban J connectivity index is 2.36. The van der Waals surface area contributed by atoms with Crippen LogP contribution in [0.4, 0.5) is 20.2 Å². The molecule has 0 saturated heterocycles. The fourth-order valence-corrected chi connectivity index (χ4v) is 3.91. The van der Waals surface area contributed by atoms with Crippen LogP contribution in [0.15, 0.2) is 46.4 Å². The van der Waals surface area contributed by atoms with Crippen molar-refractivity contribution in [1.29, 1.82) is 0 Å². The number of rotatable bonds is 8. The Bertz CT molecular complexity index is 988. The van der Waals surface area contributed by atoms with Crippen molar-refractivity contribution in [3.05, 3.63) is 63.7 Å². The number of anilines is 1. The van der Waals surface area contributed by atoms with Crippen molar-refractivity contribution >= 4 is 27.6 Å². The summed E-state index contributed by atoms with van der Waals surface area (Å²) in [5.41, 5.74) is 1.23. The molecule has 0 spiro atoms. The number of hydrazone groups is 1. The summed E-state index contributed by atoms with van der Waals surface area (Å²) >= 11 is 0. The van der Waals surface area contributed by atoms with Gasteiger partial charge in [0.05, 0.1) is 21.6 Å². The van der Waals surface area contributed by atoms with E-state index in [1.807, 2.05) is 0 Å². The highest BCUT2D eigenvalue weighted by atomic mass is 32.2. The van der Waals surface area contributed by atoms with E-state index in [1.165, 1.54) is 18.2 Å². The van der Waals surface area contributed by atoms with E-state index in [4.69, 9.17) is 0 Å². The zero-order chi connectivity index (χ0) is 20.9. The zero-order valence-corrected chi connectivity index (χ0v) is 15.9. The fourth-order valence-electron chi connectivity index (χ4n) is 2.43. The summed E-state index contributed by atoms with van der Waals surface area (Å²) in [4.78, 5) is 10.3. The monoisotopic (exact) mass is 412 g/mol. The third-order valence-corrected chi connectivity index (χ3v) is 5.93. The predicted molar refractivity (Wildman–Crippen MR) is 101 cm³/mol. The van der Waals surface area contributed by atoms with Crippen LogP contribution in [0.25, 0.3) is 0 Å². The van der Waals surface area contributed by atoms with Crippen molar-refractivity contribution in [2.24, 2.45) is 5.10 Å². The van der Waals surface area contributed by atoms with Gasteiger partial charge in [0.2, 0.25) is 10.0 Å². The molecule has 0 bridgehead atoms. The van der Waals surface area contributed by atoms with E-state index in [1.54, 1.807) is 13.8 Å². The summed E-state index contributed by atoms with van der Waals surface area (Å²) in [6, 6.07) is 6.55. The molecule has 1 N–H and O–H groups in total. The van der Waals surface area contributed by atoms with Gasteiger partial charge in [-0.05, 0) is 24.3 Å². The molecule has 2 aromatic carbocycles. The van der Waals surface area contributed by atoms with E-state index in [9.17, 15) is 27.3 Å². The molecule has 0 aliphatic heterocycles. The van der Waals surface area contributed by atoms with Gasteiger partial charge in [-0.25, -0.2) is 17.2 Å². The van der Waals surface area contributed by atoms with Crippen LogP contribution in [0.3, 0.4) is 0 Å². The van der Waals surface area contributed by atoms with E-state index in [0.717, 1.165) is 28.7 Å². The molecule has 2 aromatic rings. The van der Waals surface area contributed by atoms with Gasteiger partial charge in [-0.1, -0.05) is 19.9 Å². The van der Waals surface area contributed by atoms with E-state index in [-0.39, 0.29) is 23.7 Å². The summed E-state index contributed by atoms with van der Waals surface area (Å²) in [6.07, 6.45) is 0.842. The van der Waals surface area contributed by atoms with E-state index < -0.39 is 37.8 Å². The number of nitrogens with one attached hydrogen (secondary N) is 1. The molecule has 2 rings (SSSR count). The Kier molecular flexibility index (Phi) is 6.75. The first kappa shape index (κ1) is 21.4. The average Bonchev–Trinajstić information content (AvgIpc) is 2.64. The first-order chi connectivity index (χ1) is 13.2. The number of hydrogen-bond acceptors (Lipinski definition) is 6. The van der Waals surface area contributed by atoms with Gasteiger partial charge in [-0.15, -0.1) is 0 Å². The molecule has 0 amide bonds. The van der Waals surface area contributed by atoms with Crippen LogP contribution in [0.5, 0.6) is 0 Å². The number of nitro benzene ring substituents is 1. The summed E-state index contributed by atoms with van der Waals surface area (Å²) in [6.45, 7) is 3.74. The van der Waals surface area contributed by atoms with Crippen LogP contribution >= 0.6 is 0 Å². The predicted octanol–water partition coefficient (Wildman–Crippen LogP) is 3.35. The third-order valence-electron chi connectivity index (χ3n) is 3.89. The standard InChI is InChI=1S/C17H18F2N4O4S/c1-3-22(4-2)28(26,27)12-8-9-16(17(10-12)23(24)25)21-20-11-13-14(18)6-5-7-15(13)19/h5-11,21H,3-4H2,1-2H3. The minimum atomic E-state index is -3.89. The molecule has 0 atom stereocenters. The van der Waals surface area contributed by atoms with Crippen molar-refractivity contribution in [1.82, 2.24) is 4.31 Å². The fraction of sp³-hybridized carbons (Fsp3) is 0.235. The van der Waals surface area contributed by atoms with Crippen LogP contribution in [0, 0.1) is 21.7 Å². The minimum Gasteiger partial charge on any atom is -0.272 e. The van der Waals surface area contributed by atoms with Gasteiger partial charge >= 0.3 is 0 Å². The number of sulfonamides is 1. The highest BCUT2D eigenvalue weighted by molar-refractivity contribution is 7.89. The maximum absolute atomic E-state index is 13.6. The van der Waals surface area contributed by atoms with Crippen molar-refractivity contribution in [2.45, 2.75) is 18.7 Å². The van der Waals surface area contributed by atoms with Crippen LogP contribution in [0.1, 0.15) is 19.4 Å². The van der Waals surface area contributed by atoms with Gasteiger partial charge in [0.25, 0.3) is 5.69 Å². The summed E-state index contributed by atoms with van der Waals surface area (Å²) < 4.78 is 53.4. The Morgan fingerprint density at radius 2 is 1.79 bits per heavy atom. The van der Waals surface area contributed by atoms with Gasteiger partial charge in [0.15, 0.2) is 0 Å². The Morgan fingerprint density at radius 3 is 2.32 bits per heavy atom. The Hall–Kier alpha value is -2.92. The molecule has 8 nitrogen and oxygen atoms in total. The summed E-state index contributed by atoms with van der Waals surface area (Å²) in [7, 11) is -3.89. The Morgan fingerprint density at radius 1 is 1.18 bits per heavy atom. The lowest BCUT2D eigenvalue weighted by Crippen LogP contribution is -2.30. The third kappa shape index (κ3) is 4.49. The van der Waals surface area contributed by atoms with Crippen LogP contribution in [-0.2, 0) is 10.0 Å². The van der Waals surface area contributed by atoms with Crippen LogP contribution in [0.2, 0.25) is 0 Å². The van der Waals surface area contributed by atoms with E-state index in [2.05, 4.69) is 10.5 Å². The highest BCUT2D eigenvalue weighted by Crippen LogP contribution is 2.29. The van der Waals surface area contributed by atoms with Gasteiger partial charge in [-0.2, -0.15) is 9.41 Å². The van der Waals surface area contributed by atoms with Gasteiger partial charge in [0.1, 0.15) is 17.3 Å². The average molecular weight is 412 g/mol. The highest BCUT2D eigenvalue weighted by Gasteiger charge is 2.25. The van der Waals surface area contributed by atoms with Crippen LogP contribution < -0.4 is 5.43 Å². The van der Waals surface area contributed by atoms with Crippen molar-refractivity contribution in [2.75, 3.05) is 18.5 Å². The molecule has 150 valence electrons. The van der Waals surface area contributed by atoms with Crippen LogP contribution in [-0.4, -0.2) is 37.0 Å². The second kappa shape index (κ2) is 8.85. The number of hydrogen-bond donors (Lipinski definition) is 1. The lowest BCUT2D eigenvalue weighted by Gasteiger charge is -2.18. The van der Waals surface area contributed by atoms with E-state index >= 15 is 0 Å². The smallest absolute Gasteiger partial charge is 0.272 e. The van der Waals surface area contributed by atoms with Crippen molar-refractivity contribution in [3.8, 4) is 0 Å². The Labute approximate surface area is 160 Å². The first-order valence-electron chi connectivity index (χ1n) is 8.24. The topological polar surface area (TPSA) is 105 Å². The molecule has 0 aromatic heterocycles. The van der Waals surface area contributed by atoms with Crippen molar-refractivity contribution < 1.29 is 22.1 Å². The number of nitrogens with zero attached hydrogens (tertiary/aromatic N) is 3. The molecule has 0 fully saturated rings. The molecule has 28 heavy (non-hydrogen) atoms. The molecule has 0 saturated carbocycles. The molecule has 0 unspecified atom stereocenters. The number of benzene rings is 2. The number of halogens is 2. The molecule has 0 radical (unpaired) electrons. The molecular weight excluding hydrogens is 394 g/mol. The molecule has 0 heterocycles. The minimum absolute atomic E-state index is 0.128. The molecule has 0 aliphatic carbocycles. The SMILES string of the molecule is CCN(CC)S(=O)(=O)c1ccc(NN=Cc2c(F)cccc2F)c([N+](=O)[O-])c1. The van der Waals surface area contributed by atoms with Gasteiger partial charge in [-0.3, -0.25) is 15.5 Å². The largest absolute Gasteiger partial charge is 0.295 e. The summed E-state index contributed by atoms with van der Waals surface area (Å²) in [5.74, 6) is -1.69. The first-order valence-corrected chi connectivity index (χ1v) is 9.68. The number of nitro groups is 1. The van der Waals surface area contributed by atoms with E-state index in [0.29, 0.717) is 0 Å². The maximum atomic E-state index is 13.6. The maximum Gasteiger partial charge on any atom is 0.295 e. The second-order valence-corrected chi connectivity index (χ2v) is 7.47. The lowest BCUT2D eigenvalue weighted by molar-refractivity contribution is -0.384. The quantitative estimate of drug-likeness (QED) is 0.407.